The van der Waals surface area contributed by atoms with Crippen LogP contribution in [0, 0.1) is 5.92 Å². The van der Waals surface area contributed by atoms with E-state index < -0.39 is 23.7 Å². The van der Waals surface area contributed by atoms with Crippen LogP contribution in [0.1, 0.15) is 41.8 Å². The average molecular weight is 278 g/mol. The number of alkyl halides is 3. The maximum Gasteiger partial charge on any atom is 0.391 e. The van der Waals surface area contributed by atoms with Crippen molar-refractivity contribution in [1.29, 1.82) is 0 Å². The van der Waals surface area contributed by atoms with Crippen molar-refractivity contribution >= 4 is 5.97 Å². The summed E-state index contributed by atoms with van der Waals surface area (Å²) in [5.74, 6) is -2.87. The zero-order valence-electron chi connectivity index (χ0n) is 9.91. The lowest BCUT2D eigenvalue weighted by Crippen LogP contribution is -2.37. The van der Waals surface area contributed by atoms with Gasteiger partial charge in [-0.2, -0.15) is 13.2 Å². The first-order valence-electron chi connectivity index (χ1n) is 5.84. The number of carboxylic acid groups (broad SMARTS) is 1. The topological polar surface area (TPSA) is 70.7 Å². The molecule has 1 aromatic rings. The fourth-order valence-corrected chi connectivity index (χ4v) is 2.49. The molecule has 2 N–H and O–H groups in total. The smallest absolute Gasteiger partial charge is 0.391 e. The standard InChI is InChI=1S/C12H13F3O4/c13-12(14,15)7-1-4-11(18,5-2-7)9-8(10(16)17)3-6-19-9/h3,6-7,18H,1-2,4-5H2,(H,16,17). The molecule has 1 aliphatic carbocycles. The van der Waals surface area contributed by atoms with E-state index in [4.69, 9.17) is 9.52 Å². The Morgan fingerprint density at radius 1 is 1.37 bits per heavy atom. The van der Waals surface area contributed by atoms with Crippen molar-refractivity contribution in [3.8, 4) is 0 Å². The summed E-state index contributed by atoms with van der Waals surface area (Å²) in [4.78, 5) is 10.9. The number of rotatable bonds is 2. The maximum atomic E-state index is 12.5. The van der Waals surface area contributed by atoms with Crippen LogP contribution in [0.5, 0.6) is 0 Å². The van der Waals surface area contributed by atoms with Crippen LogP contribution in [-0.2, 0) is 5.60 Å². The molecule has 1 aromatic heterocycles. The zero-order chi connectivity index (χ0) is 14.3. The first-order chi connectivity index (χ1) is 8.74. The Morgan fingerprint density at radius 2 is 1.95 bits per heavy atom. The Hall–Kier alpha value is -1.50. The Morgan fingerprint density at radius 3 is 2.42 bits per heavy atom. The highest BCUT2D eigenvalue weighted by Crippen LogP contribution is 2.46. The fraction of sp³-hybridized carbons (Fsp3) is 0.583. The first-order valence-corrected chi connectivity index (χ1v) is 5.84. The lowest BCUT2D eigenvalue weighted by molar-refractivity contribution is -0.194. The average Bonchev–Trinajstić information content (AvgIpc) is 2.77. The number of halogens is 3. The third-order valence-electron chi connectivity index (χ3n) is 3.59. The Labute approximate surface area is 106 Å². The molecule has 0 saturated heterocycles. The lowest BCUT2D eigenvalue weighted by Gasteiger charge is -2.35. The van der Waals surface area contributed by atoms with E-state index >= 15 is 0 Å². The molecule has 1 saturated carbocycles. The van der Waals surface area contributed by atoms with Gasteiger partial charge in [-0.05, 0) is 31.7 Å². The molecule has 0 atom stereocenters. The van der Waals surface area contributed by atoms with Crippen LogP contribution >= 0.6 is 0 Å². The van der Waals surface area contributed by atoms with Crippen LogP contribution in [0.15, 0.2) is 16.7 Å². The van der Waals surface area contributed by atoms with Crippen LogP contribution in [0.25, 0.3) is 0 Å². The predicted octanol–water partition coefficient (Wildman–Crippen LogP) is 2.92. The summed E-state index contributed by atoms with van der Waals surface area (Å²) in [6.07, 6.45) is -3.96. The summed E-state index contributed by atoms with van der Waals surface area (Å²) in [5.41, 5.74) is -1.83. The molecule has 1 aliphatic rings. The Bertz CT molecular complexity index is 470. The molecule has 7 heteroatoms. The molecule has 1 fully saturated rings. The molecule has 4 nitrogen and oxygen atoms in total. The second kappa shape index (κ2) is 4.56. The number of aromatic carboxylic acids is 1. The van der Waals surface area contributed by atoms with Gasteiger partial charge in [-0.25, -0.2) is 4.79 Å². The van der Waals surface area contributed by atoms with Gasteiger partial charge in [0.25, 0.3) is 0 Å². The van der Waals surface area contributed by atoms with E-state index in [9.17, 15) is 23.1 Å². The zero-order valence-corrected chi connectivity index (χ0v) is 9.91. The van der Waals surface area contributed by atoms with Crippen molar-refractivity contribution in [2.75, 3.05) is 0 Å². The number of carbonyl (C=O) groups is 1. The van der Waals surface area contributed by atoms with Gasteiger partial charge in [0.2, 0.25) is 0 Å². The summed E-state index contributed by atoms with van der Waals surface area (Å²) in [7, 11) is 0. The second-order valence-corrected chi connectivity index (χ2v) is 4.82. The summed E-state index contributed by atoms with van der Waals surface area (Å²) in [5, 5.41) is 19.3. The van der Waals surface area contributed by atoms with Crippen molar-refractivity contribution in [2.45, 2.75) is 37.5 Å². The van der Waals surface area contributed by atoms with Crippen LogP contribution in [0.4, 0.5) is 13.2 Å². The van der Waals surface area contributed by atoms with E-state index in [1.54, 1.807) is 0 Å². The minimum absolute atomic E-state index is 0.152. The van der Waals surface area contributed by atoms with Gasteiger partial charge >= 0.3 is 12.1 Å². The van der Waals surface area contributed by atoms with Crippen LogP contribution < -0.4 is 0 Å². The summed E-state index contributed by atoms with van der Waals surface area (Å²) in [6, 6.07) is 1.19. The van der Waals surface area contributed by atoms with Crippen LogP contribution in [0.3, 0.4) is 0 Å². The SMILES string of the molecule is O=C(O)c1ccoc1C1(O)CCC(C(F)(F)F)CC1. The summed E-state index contributed by atoms with van der Waals surface area (Å²) in [6.45, 7) is 0. The highest BCUT2D eigenvalue weighted by molar-refractivity contribution is 5.89. The molecule has 106 valence electrons. The van der Waals surface area contributed by atoms with E-state index in [0.717, 1.165) is 6.26 Å². The van der Waals surface area contributed by atoms with Gasteiger partial charge in [-0.3, -0.25) is 0 Å². The first kappa shape index (κ1) is 13.9. The molecule has 2 rings (SSSR count). The van der Waals surface area contributed by atoms with Crippen LogP contribution in [0.2, 0.25) is 0 Å². The van der Waals surface area contributed by atoms with Gasteiger partial charge in [0.05, 0.1) is 12.2 Å². The second-order valence-electron chi connectivity index (χ2n) is 4.82. The summed E-state index contributed by atoms with van der Waals surface area (Å²) < 4.78 is 42.6. The predicted molar refractivity (Wildman–Crippen MR) is 57.6 cm³/mol. The minimum atomic E-state index is -4.28. The van der Waals surface area contributed by atoms with Gasteiger partial charge in [0.1, 0.15) is 16.9 Å². The van der Waals surface area contributed by atoms with Crippen molar-refractivity contribution in [1.82, 2.24) is 0 Å². The molecule has 0 amide bonds. The molecular formula is C12H13F3O4. The molecule has 0 unspecified atom stereocenters. The number of furan rings is 1. The normalized spacial score (nSPS) is 28.3. The minimum Gasteiger partial charge on any atom is -0.478 e. The Balaban J connectivity index is 2.18. The van der Waals surface area contributed by atoms with Crippen molar-refractivity contribution in [3.05, 3.63) is 23.7 Å². The number of hydrogen-bond acceptors (Lipinski definition) is 3. The van der Waals surface area contributed by atoms with Crippen molar-refractivity contribution < 1.29 is 32.6 Å². The largest absolute Gasteiger partial charge is 0.478 e. The van der Waals surface area contributed by atoms with Crippen LogP contribution in [-0.4, -0.2) is 22.4 Å². The third kappa shape index (κ3) is 2.60. The molecule has 0 aromatic carbocycles. The van der Waals surface area contributed by atoms with Crippen molar-refractivity contribution in [3.63, 3.8) is 0 Å². The van der Waals surface area contributed by atoms with Gasteiger partial charge in [0, 0.05) is 0 Å². The number of carboxylic acids is 1. The highest BCUT2D eigenvalue weighted by Gasteiger charge is 2.47. The van der Waals surface area contributed by atoms with E-state index in [2.05, 4.69) is 0 Å². The number of aliphatic hydroxyl groups is 1. The Kier molecular flexibility index (Phi) is 3.34. The van der Waals surface area contributed by atoms with Crippen molar-refractivity contribution in [2.24, 2.45) is 5.92 Å². The molecule has 0 radical (unpaired) electrons. The summed E-state index contributed by atoms with van der Waals surface area (Å²) >= 11 is 0. The molecule has 0 aliphatic heterocycles. The highest BCUT2D eigenvalue weighted by atomic mass is 19.4. The molecule has 0 bridgehead atoms. The van der Waals surface area contributed by atoms with Gasteiger partial charge < -0.3 is 14.6 Å². The fourth-order valence-electron chi connectivity index (χ4n) is 2.49. The number of hydrogen-bond donors (Lipinski definition) is 2. The molecule has 0 spiro atoms. The molecular weight excluding hydrogens is 265 g/mol. The quantitative estimate of drug-likeness (QED) is 0.872. The monoisotopic (exact) mass is 278 g/mol. The van der Waals surface area contributed by atoms with Gasteiger partial charge in [-0.15, -0.1) is 0 Å². The lowest BCUT2D eigenvalue weighted by atomic mass is 9.76. The van der Waals surface area contributed by atoms with E-state index in [1.807, 2.05) is 0 Å². The van der Waals surface area contributed by atoms with E-state index in [-0.39, 0.29) is 37.0 Å². The van der Waals surface area contributed by atoms with Gasteiger partial charge in [0.15, 0.2) is 0 Å². The molecule has 19 heavy (non-hydrogen) atoms. The van der Waals surface area contributed by atoms with E-state index in [0.29, 0.717) is 0 Å². The maximum absolute atomic E-state index is 12.5. The third-order valence-corrected chi connectivity index (χ3v) is 3.59. The molecule has 1 heterocycles. The van der Waals surface area contributed by atoms with Gasteiger partial charge in [-0.1, -0.05) is 0 Å². The van der Waals surface area contributed by atoms with E-state index in [1.165, 1.54) is 6.07 Å².